The molecule has 2 unspecified atom stereocenters. The van der Waals surface area contributed by atoms with Crippen LogP contribution in [0.5, 0.6) is 0 Å². The number of carbonyl (C=O) groups is 1. The first kappa shape index (κ1) is 12.9. The minimum absolute atomic E-state index is 0.393. The molecule has 0 N–H and O–H groups in total. The van der Waals surface area contributed by atoms with Gasteiger partial charge in [0.05, 0.1) is 0 Å². The Morgan fingerprint density at radius 3 is 2.88 bits per heavy atom. The van der Waals surface area contributed by atoms with Crippen molar-refractivity contribution in [3.8, 4) is 0 Å². The van der Waals surface area contributed by atoms with E-state index in [1.54, 1.807) is 0 Å². The zero-order valence-corrected chi connectivity index (χ0v) is 11.3. The summed E-state index contributed by atoms with van der Waals surface area (Å²) in [6.45, 7) is 7.72. The van der Waals surface area contributed by atoms with Crippen LogP contribution in [-0.2, 0) is 4.79 Å². The van der Waals surface area contributed by atoms with Gasteiger partial charge in [0.25, 0.3) is 0 Å². The number of hydrogen-bond donors (Lipinski definition) is 0. The van der Waals surface area contributed by atoms with Gasteiger partial charge < -0.3 is 4.90 Å². The van der Waals surface area contributed by atoms with E-state index in [4.69, 9.17) is 0 Å². The van der Waals surface area contributed by atoms with Crippen molar-refractivity contribution in [2.45, 2.75) is 64.5 Å². The smallest absolute Gasteiger partial charge is 0.222 e. The van der Waals surface area contributed by atoms with Crippen LogP contribution in [0.25, 0.3) is 0 Å². The maximum atomic E-state index is 11.8. The highest BCUT2D eigenvalue weighted by Crippen LogP contribution is 2.24. The second-order valence-corrected chi connectivity index (χ2v) is 5.48. The molecule has 2 saturated heterocycles. The molecule has 2 heterocycles. The summed E-state index contributed by atoms with van der Waals surface area (Å²) in [6.07, 6.45) is 6.90. The molecule has 3 nitrogen and oxygen atoms in total. The number of fused-ring (bicyclic) bond motifs is 1. The van der Waals surface area contributed by atoms with Crippen molar-refractivity contribution in [1.82, 2.24) is 9.80 Å². The van der Waals surface area contributed by atoms with Gasteiger partial charge in [0, 0.05) is 38.1 Å². The second kappa shape index (κ2) is 5.85. The van der Waals surface area contributed by atoms with Crippen LogP contribution in [-0.4, -0.2) is 47.4 Å². The highest BCUT2D eigenvalue weighted by atomic mass is 16.2. The molecule has 0 aromatic heterocycles. The Bertz CT molecular complexity index is 267. The molecule has 0 aromatic rings. The highest BCUT2D eigenvalue weighted by molar-refractivity contribution is 5.77. The third-order valence-electron chi connectivity index (χ3n) is 4.37. The largest absolute Gasteiger partial charge is 0.337 e. The van der Waals surface area contributed by atoms with Gasteiger partial charge in [-0.15, -0.1) is 0 Å². The van der Waals surface area contributed by atoms with Crippen molar-refractivity contribution >= 4 is 5.91 Å². The molecule has 0 spiro atoms. The van der Waals surface area contributed by atoms with Crippen LogP contribution >= 0.6 is 0 Å². The van der Waals surface area contributed by atoms with Gasteiger partial charge in [-0.25, -0.2) is 0 Å². The quantitative estimate of drug-likeness (QED) is 0.750. The zero-order valence-electron chi connectivity index (χ0n) is 11.3. The predicted octanol–water partition coefficient (Wildman–Crippen LogP) is 2.26. The van der Waals surface area contributed by atoms with Gasteiger partial charge in [0.15, 0.2) is 0 Å². The highest BCUT2D eigenvalue weighted by Gasteiger charge is 2.34. The molecule has 2 fully saturated rings. The molecule has 0 aliphatic carbocycles. The van der Waals surface area contributed by atoms with Crippen LogP contribution in [0.15, 0.2) is 0 Å². The van der Waals surface area contributed by atoms with Crippen LogP contribution in [0.3, 0.4) is 0 Å². The number of piperazine rings is 1. The molecule has 1 amide bonds. The molecule has 0 aromatic carbocycles. The SMILES string of the molecule is CCCC(CC)N1CCN2C(=O)CCCC2C1. The lowest BCUT2D eigenvalue weighted by Gasteiger charge is -2.46. The second-order valence-electron chi connectivity index (χ2n) is 5.48. The third-order valence-corrected chi connectivity index (χ3v) is 4.37. The van der Waals surface area contributed by atoms with Crippen LogP contribution in [0.1, 0.15) is 52.4 Å². The number of hydrogen-bond acceptors (Lipinski definition) is 2. The first-order chi connectivity index (χ1) is 8.26. The van der Waals surface area contributed by atoms with E-state index in [-0.39, 0.29) is 0 Å². The van der Waals surface area contributed by atoms with E-state index in [2.05, 4.69) is 23.6 Å². The molecule has 17 heavy (non-hydrogen) atoms. The first-order valence-electron chi connectivity index (χ1n) is 7.29. The van der Waals surface area contributed by atoms with E-state index in [1.807, 2.05) is 0 Å². The fourth-order valence-corrected chi connectivity index (χ4v) is 3.40. The maximum absolute atomic E-state index is 11.8. The summed E-state index contributed by atoms with van der Waals surface area (Å²) < 4.78 is 0. The summed E-state index contributed by atoms with van der Waals surface area (Å²) >= 11 is 0. The van der Waals surface area contributed by atoms with E-state index >= 15 is 0 Å². The van der Waals surface area contributed by atoms with Crippen LogP contribution in [0, 0.1) is 0 Å². The molecule has 0 bridgehead atoms. The monoisotopic (exact) mass is 238 g/mol. The fourth-order valence-electron chi connectivity index (χ4n) is 3.40. The summed E-state index contributed by atoms with van der Waals surface area (Å²) in [5.74, 6) is 0.393. The van der Waals surface area contributed by atoms with E-state index in [0.717, 1.165) is 38.5 Å². The third kappa shape index (κ3) is 2.82. The van der Waals surface area contributed by atoms with Gasteiger partial charge in [-0.2, -0.15) is 0 Å². The Morgan fingerprint density at radius 1 is 1.35 bits per heavy atom. The van der Waals surface area contributed by atoms with Crippen LogP contribution in [0.2, 0.25) is 0 Å². The van der Waals surface area contributed by atoms with E-state index in [9.17, 15) is 4.79 Å². The van der Waals surface area contributed by atoms with Gasteiger partial charge in [-0.1, -0.05) is 20.3 Å². The van der Waals surface area contributed by atoms with E-state index < -0.39 is 0 Å². The van der Waals surface area contributed by atoms with Crippen molar-refractivity contribution in [2.75, 3.05) is 19.6 Å². The zero-order chi connectivity index (χ0) is 12.3. The van der Waals surface area contributed by atoms with E-state index in [1.165, 1.54) is 25.7 Å². The summed E-state index contributed by atoms with van der Waals surface area (Å²) in [4.78, 5) is 16.6. The van der Waals surface area contributed by atoms with Gasteiger partial charge in [-0.3, -0.25) is 9.69 Å². The molecular weight excluding hydrogens is 212 g/mol. The Labute approximate surface area is 105 Å². The molecular formula is C14H26N2O. The van der Waals surface area contributed by atoms with Gasteiger partial charge in [0.2, 0.25) is 5.91 Å². The standard InChI is InChI=1S/C14H26N2O/c1-3-6-12(4-2)15-9-10-16-13(11-15)7-5-8-14(16)17/h12-13H,3-11H2,1-2H3. The maximum Gasteiger partial charge on any atom is 0.222 e. The first-order valence-corrected chi connectivity index (χ1v) is 7.29. The van der Waals surface area contributed by atoms with Gasteiger partial charge in [0.1, 0.15) is 0 Å². The molecule has 2 atom stereocenters. The van der Waals surface area contributed by atoms with Crippen molar-refractivity contribution < 1.29 is 4.79 Å². The minimum atomic E-state index is 0.393. The lowest BCUT2D eigenvalue weighted by Crippen LogP contribution is -2.58. The number of piperidine rings is 1. The van der Waals surface area contributed by atoms with Gasteiger partial charge >= 0.3 is 0 Å². The predicted molar refractivity (Wildman–Crippen MR) is 69.9 cm³/mol. The van der Waals surface area contributed by atoms with Crippen molar-refractivity contribution in [2.24, 2.45) is 0 Å². The number of nitrogens with zero attached hydrogens (tertiary/aromatic N) is 2. The summed E-state index contributed by atoms with van der Waals surface area (Å²) in [7, 11) is 0. The number of rotatable bonds is 4. The molecule has 0 radical (unpaired) electrons. The Balaban J connectivity index is 1.94. The fraction of sp³-hybridized carbons (Fsp3) is 0.929. The van der Waals surface area contributed by atoms with Crippen molar-refractivity contribution in [1.29, 1.82) is 0 Å². The normalized spacial score (nSPS) is 28.0. The van der Waals surface area contributed by atoms with Gasteiger partial charge in [-0.05, 0) is 25.7 Å². The molecule has 2 rings (SSSR count). The van der Waals surface area contributed by atoms with E-state index in [0.29, 0.717) is 11.9 Å². The molecule has 98 valence electrons. The average Bonchev–Trinajstić information content (AvgIpc) is 2.36. The Kier molecular flexibility index (Phi) is 4.43. The average molecular weight is 238 g/mol. The lowest BCUT2D eigenvalue weighted by molar-refractivity contribution is -0.140. The Hall–Kier alpha value is -0.570. The summed E-state index contributed by atoms with van der Waals surface area (Å²) in [5.41, 5.74) is 0. The molecule has 2 aliphatic heterocycles. The topological polar surface area (TPSA) is 23.6 Å². The summed E-state index contributed by atoms with van der Waals surface area (Å²) in [6, 6.07) is 1.25. The van der Waals surface area contributed by atoms with Crippen LogP contribution < -0.4 is 0 Å². The summed E-state index contributed by atoms with van der Waals surface area (Å²) in [5, 5.41) is 0. The lowest BCUT2D eigenvalue weighted by atomic mass is 9.96. The number of amides is 1. The number of carbonyl (C=O) groups excluding carboxylic acids is 1. The minimum Gasteiger partial charge on any atom is -0.337 e. The van der Waals surface area contributed by atoms with Crippen molar-refractivity contribution in [3.63, 3.8) is 0 Å². The van der Waals surface area contributed by atoms with Crippen molar-refractivity contribution in [3.05, 3.63) is 0 Å². The molecule has 3 heteroatoms. The Morgan fingerprint density at radius 2 is 2.18 bits per heavy atom. The molecule has 2 aliphatic rings. The van der Waals surface area contributed by atoms with Crippen LogP contribution in [0.4, 0.5) is 0 Å². The molecule has 0 saturated carbocycles.